The molecule has 0 aromatic heterocycles. The molecule has 0 radical (unpaired) electrons. The van der Waals surface area contributed by atoms with E-state index in [1.165, 1.54) is 12.1 Å². The number of benzene rings is 2. The molecule has 0 bridgehead atoms. The molecular weight excluding hydrogens is 505 g/mol. The van der Waals surface area contributed by atoms with Crippen LogP contribution in [-0.4, -0.2) is 46.0 Å². The van der Waals surface area contributed by atoms with Crippen LogP contribution < -0.4 is 79.2 Å². The molecule has 33 heavy (non-hydrogen) atoms. The van der Waals surface area contributed by atoms with Crippen molar-refractivity contribution in [2.24, 2.45) is 5.73 Å². The predicted octanol–water partition coefficient (Wildman–Crippen LogP) is -4.19. The van der Waals surface area contributed by atoms with Crippen molar-refractivity contribution in [1.29, 1.82) is 0 Å². The first-order valence-electron chi connectivity index (χ1n) is 9.60. The minimum atomic E-state index is -5.07. The summed E-state index contributed by atoms with van der Waals surface area (Å²) in [6.07, 6.45) is 1.90. The Kier molecular flexibility index (Phi) is 14.0. The molecule has 1 aliphatic rings. The zero-order valence-corrected chi connectivity index (χ0v) is 25.1. The number of likely N-dealkylation sites (tertiary alicyclic amines) is 1. The van der Waals surface area contributed by atoms with E-state index < -0.39 is 7.82 Å². The number of thioether (sulfide) groups is 2. The van der Waals surface area contributed by atoms with Crippen LogP contribution in [0.1, 0.15) is 12.8 Å². The fraction of sp³-hybridized carbons (Fsp3) is 0.350. The third kappa shape index (κ3) is 10.9. The van der Waals surface area contributed by atoms with Gasteiger partial charge in [-0.1, -0.05) is 0 Å². The molecule has 3 rings (SSSR count). The number of rotatable bonds is 10. The molecule has 0 aliphatic carbocycles. The van der Waals surface area contributed by atoms with E-state index in [-0.39, 0.29) is 95.1 Å². The fourth-order valence-electron chi connectivity index (χ4n) is 3.46. The number of nitrogens with zero attached hydrogens (tertiary/aromatic N) is 1. The molecule has 1 fully saturated rings. The van der Waals surface area contributed by atoms with Crippen LogP contribution in [0.25, 0.3) is 0 Å². The number of nitrogens with two attached hydrogens (primary N) is 1. The van der Waals surface area contributed by atoms with E-state index in [1.807, 2.05) is 12.1 Å². The van der Waals surface area contributed by atoms with Crippen LogP contribution in [0.15, 0.2) is 58.3 Å². The van der Waals surface area contributed by atoms with Gasteiger partial charge in [-0.3, -0.25) is 9.69 Å². The fourth-order valence-corrected chi connectivity index (χ4v) is 5.99. The zero-order chi connectivity index (χ0) is 22.4. The van der Waals surface area contributed by atoms with E-state index in [9.17, 15) is 24.3 Å². The summed E-state index contributed by atoms with van der Waals surface area (Å²) in [5.74, 6) is 1.41. The largest absolute Gasteiger partial charge is 1.00 e. The minimum absolute atomic E-state index is 0. The number of phosphoric ester groups is 1. The summed E-state index contributed by atoms with van der Waals surface area (Å²) >= 11 is 3.26. The smallest absolute Gasteiger partial charge is 0.780 e. The van der Waals surface area contributed by atoms with Crippen molar-refractivity contribution in [3.05, 3.63) is 48.5 Å². The van der Waals surface area contributed by atoms with Crippen LogP contribution in [0.3, 0.4) is 0 Å². The molecule has 2 atom stereocenters. The van der Waals surface area contributed by atoms with Crippen molar-refractivity contribution in [1.82, 2.24) is 4.90 Å². The summed E-state index contributed by atoms with van der Waals surface area (Å²) in [5, 5.41) is 9.41. The first-order chi connectivity index (χ1) is 14.7. The molecule has 3 N–H and O–H groups in total. The third-order valence-electron chi connectivity index (χ3n) is 4.87. The molecule has 1 aliphatic heterocycles. The second-order valence-corrected chi connectivity index (χ2v) is 10.4. The summed E-state index contributed by atoms with van der Waals surface area (Å²) in [7, 11) is -5.07. The molecule has 0 unspecified atom stereocenters. The molecule has 2 aromatic rings. The molecule has 1 amide bonds. The Labute approximate surface area is 246 Å². The van der Waals surface area contributed by atoms with Gasteiger partial charge in [0, 0.05) is 33.4 Å². The number of primary amides is 1. The van der Waals surface area contributed by atoms with Gasteiger partial charge in [0.2, 0.25) is 5.91 Å². The number of phenolic OH excluding ortho intramolecular Hbond substituents is 1. The molecule has 8 nitrogen and oxygen atoms in total. The molecule has 1 heterocycles. The van der Waals surface area contributed by atoms with Gasteiger partial charge in [-0.15, -0.1) is 23.5 Å². The Morgan fingerprint density at radius 1 is 1.00 bits per heavy atom. The Balaban J connectivity index is 0.00000272. The first-order valence-corrected chi connectivity index (χ1v) is 13.0. The Morgan fingerprint density at radius 3 is 1.88 bits per heavy atom. The maximum absolute atomic E-state index is 11.6. The van der Waals surface area contributed by atoms with E-state index in [2.05, 4.69) is 9.42 Å². The SMILES string of the molecule is NC(=O)CN1[C@@H](CSc2ccc(O)cc2)CC[C@H]1CSc1ccc(OP(=O)([O-])[O-])cc1.[Na+].[Na+]. The van der Waals surface area contributed by atoms with Crippen molar-refractivity contribution in [3.8, 4) is 11.5 Å². The Hall–Kier alpha value is 0.320. The number of hydrogen-bond donors (Lipinski definition) is 2. The third-order valence-corrected chi connectivity index (χ3v) is 7.62. The quantitative estimate of drug-likeness (QED) is 0.179. The van der Waals surface area contributed by atoms with E-state index in [1.54, 1.807) is 47.8 Å². The monoisotopic (exact) mass is 528 g/mol. The van der Waals surface area contributed by atoms with Gasteiger partial charge in [0.1, 0.15) is 19.3 Å². The van der Waals surface area contributed by atoms with Crippen molar-refractivity contribution < 1.29 is 87.9 Å². The van der Waals surface area contributed by atoms with Crippen molar-refractivity contribution in [3.63, 3.8) is 0 Å². The van der Waals surface area contributed by atoms with Crippen LogP contribution in [0.2, 0.25) is 0 Å². The average Bonchev–Trinajstić information content (AvgIpc) is 3.07. The summed E-state index contributed by atoms with van der Waals surface area (Å²) < 4.78 is 15.0. The summed E-state index contributed by atoms with van der Waals surface area (Å²) in [6.45, 7) is 0.196. The van der Waals surface area contributed by atoms with Gasteiger partial charge in [-0.2, -0.15) is 0 Å². The number of phosphoric acid groups is 1. The van der Waals surface area contributed by atoms with E-state index in [4.69, 9.17) is 5.73 Å². The van der Waals surface area contributed by atoms with E-state index in [0.29, 0.717) is 0 Å². The maximum Gasteiger partial charge on any atom is 1.00 e. The van der Waals surface area contributed by atoms with Gasteiger partial charge in [0.25, 0.3) is 0 Å². The average molecular weight is 529 g/mol. The summed E-state index contributed by atoms with van der Waals surface area (Å²) in [4.78, 5) is 37.1. The van der Waals surface area contributed by atoms with Gasteiger partial charge < -0.3 is 29.7 Å². The molecule has 0 spiro atoms. The summed E-state index contributed by atoms with van der Waals surface area (Å²) in [6, 6.07) is 13.7. The van der Waals surface area contributed by atoms with Gasteiger partial charge in [0.05, 0.1) is 6.54 Å². The van der Waals surface area contributed by atoms with Crippen molar-refractivity contribution >= 4 is 37.3 Å². The van der Waals surface area contributed by atoms with Gasteiger partial charge >= 0.3 is 59.1 Å². The molecule has 168 valence electrons. The topological polar surface area (TPSA) is 139 Å². The number of aromatic hydroxyl groups is 1. The van der Waals surface area contributed by atoms with Crippen LogP contribution in [0, 0.1) is 0 Å². The van der Waals surface area contributed by atoms with Crippen LogP contribution in [0.4, 0.5) is 0 Å². The number of phenols is 1. The maximum atomic E-state index is 11.6. The molecule has 2 aromatic carbocycles. The van der Waals surface area contributed by atoms with E-state index >= 15 is 0 Å². The van der Waals surface area contributed by atoms with Crippen molar-refractivity contribution in [2.75, 3.05) is 18.1 Å². The summed E-state index contributed by atoms with van der Waals surface area (Å²) in [5.41, 5.74) is 5.49. The predicted molar refractivity (Wildman–Crippen MR) is 117 cm³/mol. The van der Waals surface area contributed by atoms with Crippen LogP contribution >= 0.6 is 31.3 Å². The molecular formula is C20H23N2Na2O6PS2. The normalized spacial score (nSPS) is 18.2. The Bertz CT molecular complexity index is 933. The molecule has 13 heteroatoms. The standard InChI is InChI=1S/C20H25N2O6PS2.2Na/c21-20(24)11-22-14(12-30-18-7-3-16(23)4-8-18)1-2-15(22)13-31-19-9-5-17(6-10-19)28-29(25,26)27;;/h3-10,14-15,23H,1-2,11-13H2,(H2,21,24)(H2,25,26,27);;/q;2*+1/p-2/t14-,15+;;/m1../s1. The van der Waals surface area contributed by atoms with Gasteiger partial charge in [-0.05, 0) is 61.4 Å². The van der Waals surface area contributed by atoms with Gasteiger partial charge in [0.15, 0.2) is 0 Å². The van der Waals surface area contributed by atoms with Crippen LogP contribution in [-0.2, 0) is 9.36 Å². The zero-order valence-electron chi connectivity index (χ0n) is 18.6. The first kappa shape index (κ1) is 31.4. The molecule has 0 saturated carbocycles. The second-order valence-electron chi connectivity index (χ2n) is 7.15. The number of hydrogen-bond acceptors (Lipinski definition) is 9. The number of carbonyl (C=O) groups is 1. The minimum Gasteiger partial charge on any atom is -0.780 e. The Morgan fingerprint density at radius 2 is 1.45 bits per heavy atom. The van der Waals surface area contributed by atoms with E-state index in [0.717, 1.165) is 34.1 Å². The second kappa shape index (κ2) is 14.8. The number of carbonyl (C=O) groups excluding carboxylic acids is 1. The van der Waals surface area contributed by atoms with Crippen LogP contribution in [0.5, 0.6) is 11.5 Å². The van der Waals surface area contributed by atoms with Gasteiger partial charge in [-0.25, -0.2) is 0 Å². The van der Waals surface area contributed by atoms with Crippen molar-refractivity contribution in [2.45, 2.75) is 34.7 Å². The molecule has 1 saturated heterocycles. The number of amides is 1.